The van der Waals surface area contributed by atoms with Crippen LogP contribution in [0.3, 0.4) is 0 Å². The average Bonchev–Trinajstić information content (AvgIpc) is 2.62. The first kappa shape index (κ1) is 14.9. The highest BCUT2D eigenvalue weighted by molar-refractivity contribution is 7.88. The molecule has 0 saturated heterocycles. The Balaban J connectivity index is 2.23. The van der Waals surface area contributed by atoms with Crippen LogP contribution in [-0.2, 0) is 21.2 Å². The van der Waals surface area contributed by atoms with Gasteiger partial charge in [-0.05, 0) is 6.42 Å². The zero-order valence-electron chi connectivity index (χ0n) is 9.84. The predicted octanol–water partition coefficient (Wildman–Crippen LogP) is 0.121. The Morgan fingerprint density at radius 3 is 2.83 bits per heavy atom. The molecule has 0 unspecified atom stereocenters. The highest BCUT2D eigenvalue weighted by atomic mass is 32.2. The molecule has 0 atom stereocenters. The van der Waals surface area contributed by atoms with E-state index in [-0.39, 0.29) is 6.42 Å². The predicted molar refractivity (Wildman–Crippen MR) is 69.4 cm³/mol. The fourth-order valence-electron chi connectivity index (χ4n) is 1.17. The number of carbonyl (C=O) groups is 1. The quantitative estimate of drug-likeness (QED) is 0.588. The number of carboxylic acid groups (broad SMARTS) is 1. The van der Waals surface area contributed by atoms with Crippen molar-refractivity contribution in [3.63, 3.8) is 0 Å². The van der Waals surface area contributed by atoms with Gasteiger partial charge in [0.05, 0.1) is 18.4 Å². The lowest BCUT2D eigenvalue weighted by molar-refractivity contribution is -0.136. The number of hydrogen-bond acceptors (Lipinski definition) is 6. The zero-order chi connectivity index (χ0) is 13.6. The van der Waals surface area contributed by atoms with Crippen molar-refractivity contribution < 1.29 is 18.3 Å². The molecule has 102 valence electrons. The molecule has 0 saturated carbocycles. The van der Waals surface area contributed by atoms with E-state index in [0.29, 0.717) is 30.3 Å². The highest BCUT2D eigenvalue weighted by Gasteiger charge is 2.05. The van der Waals surface area contributed by atoms with E-state index in [9.17, 15) is 13.2 Å². The molecular weight excluding hydrogens is 278 g/mol. The van der Waals surface area contributed by atoms with Crippen LogP contribution in [0.1, 0.15) is 12.1 Å². The van der Waals surface area contributed by atoms with Gasteiger partial charge >= 0.3 is 5.97 Å². The van der Waals surface area contributed by atoms with Crippen molar-refractivity contribution in [2.24, 2.45) is 0 Å². The molecule has 0 amide bonds. The molecule has 9 heteroatoms. The smallest absolute Gasteiger partial charge is 0.309 e. The molecule has 0 aliphatic heterocycles. The van der Waals surface area contributed by atoms with Crippen LogP contribution in [0, 0.1) is 0 Å². The molecule has 0 aliphatic carbocycles. The highest BCUT2D eigenvalue weighted by Crippen LogP contribution is 2.15. The van der Waals surface area contributed by atoms with Gasteiger partial charge in [-0.25, -0.2) is 18.1 Å². The first-order valence-corrected chi connectivity index (χ1v) is 7.98. The topological polar surface area (TPSA) is 108 Å². The molecule has 0 bridgehead atoms. The van der Waals surface area contributed by atoms with E-state index < -0.39 is 16.0 Å². The molecule has 1 aromatic heterocycles. The van der Waals surface area contributed by atoms with Crippen LogP contribution in [0.15, 0.2) is 5.38 Å². The van der Waals surface area contributed by atoms with Gasteiger partial charge in [-0.3, -0.25) is 4.79 Å². The van der Waals surface area contributed by atoms with Crippen molar-refractivity contribution >= 4 is 32.5 Å². The lowest BCUT2D eigenvalue weighted by atomic mass is 10.3. The maximum Gasteiger partial charge on any atom is 0.309 e. The Labute approximate surface area is 109 Å². The van der Waals surface area contributed by atoms with Gasteiger partial charge in [0, 0.05) is 18.5 Å². The van der Waals surface area contributed by atoms with Gasteiger partial charge in [0.25, 0.3) is 0 Å². The summed E-state index contributed by atoms with van der Waals surface area (Å²) < 4.78 is 23.9. The Kier molecular flexibility index (Phi) is 5.51. The largest absolute Gasteiger partial charge is 0.481 e. The number of thiazole rings is 1. The number of sulfonamides is 1. The lowest BCUT2D eigenvalue weighted by Crippen LogP contribution is -2.24. The van der Waals surface area contributed by atoms with Gasteiger partial charge in [-0.2, -0.15) is 0 Å². The van der Waals surface area contributed by atoms with Crippen LogP contribution in [-0.4, -0.2) is 43.8 Å². The number of rotatable bonds is 8. The summed E-state index contributed by atoms with van der Waals surface area (Å²) in [6.07, 6.45) is 1.65. The maximum atomic E-state index is 10.8. The molecule has 0 spiro atoms. The molecule has 0 aliphatic rings. The van der Waals surface area contributed by atoms with Crippen molar-refractivity contribution in [3.8, 4) is 0 Å². The Morgan fingerprint density at radius 1 is 1.50 bits per heavy atom. The van der Waals surface area contributed by atoms with E-state index in [4.69, 9.17) is 5.11 Å². The summed E-state index contributed by atoms with van der Waals surface area (Å²) in [5.41, 5.74) is 0.518. The second-order valence-corrected chi connectivity index (χ2v) is 6.35. The molecule has 1 aromatic rings. The van der Waals surface area contributed by atoms with Crippen molar-refractivity contribution in [1.82, 2.24) is 9.71 Å². The molecule has 3 N–H and O–H groups in total. The number of hydrogen-bond donors (Lipinski definition) is 3. The Bertz CT molecular complexity index is 498. The Morgan fingerprint density at radius 2 is 2.22 bits per heavy atom. The number of nitrogens with one attached hydrogen (secondary N) is 2. The van der Waals surface area contributed by atoms with Gasteiger partial charge < -0.3 is 10.4 Å². The van der Waals surface area contributed by atoms with E-state index in [2.05, 4.69) is 15.0 Å². The normalized spacial score (nSPS) is 11.4. The Hall–Kier alpha value is -1.19. The van der Waals surface area contributed by atoms with Crippen molar-refractivity contribution in [1.29, 1.82) is 0 Å². The lowest BCUT2D eigenvalue weighted by Gasteiger charge is -2.03. The van der Waals surface area contributed by atoms with Gasteiger partial charge in [-0.15, -0.1) is 11.3 Å². The first-order valence-electron chi connectivity index (χ1n) is 5.21. The third-order valence-electron chi connectivity index (χ3n) is 1.88. The number of nitrogens with zero attached hydrogens (tertiary/aromatic N) is 1. The summed E-state index contributed by atoms with van der Waals surface area (Å²) in [5, 5.41) is 13.9. The molecule has 1 rings (SSSR count). The number of carboxylic acids is 1. The van der Waals surface area contributed by atoms with Crippen LogP contribution in [0.5, 0.6) is 0 Å². The third-order valence-corrected chi connectivity index (χ3v) is 3.46. The molecule has 0 aromatic carbocycles. The summed E-state index contributed by atoms with van der Waals surface area (Å²) in [5.74, 6) is -0.913. The minimum atomic E-state index is -3.13. The zero-order valence-corrected chi connectivity index (χ0v) is 11.5. The minimum Gasteiger partial charge on any atom is -0.481 e. The summed E-state index contributed by atoms with van der Waals surface area (Å²) in [7, 11) is -3.13. The minimum absolute atomic E-state index is 0.0895. The second kappa shape index (κ2) is 6.66. The molecule has 1 heterocycles. The molecule has 0 radical (unpaired) electrons. The fraction of sp³-hybridized carbons (Fsp3) is 0.556. The standard InChI is InChI=1S/C9H15N3O4S2/c1-18(15,16)11-4-2-3-10-9-12-7(6-17-9)5-8(13)14/h6,11H,2-5H2,1H3,(H,10,12)(H,13,14). The van der Waals surface area contributed by atoms with E-state index in [0.717, 1.165) is 6.26 Å². The van der Waals surface area contributed by atoms with Gasteiger partial charge in [-0.1, -0.05) is 0 Å². The fourth-order valence-corrected chi connectivity index (χ4v) is 2.42. The summed E-state index contributed by atoms with van der Waals surface area (Å²) in [6.45, 7) is 0.932. The van der Waals surface area contributed by atoms with Gasteiger partial charge in [0.1, 0.15) is 0 Å². The molecule has 7 nitrogen and oxygen atoms in total. The summed E-state index contributed by atoms with van der Waals surface area (Å²) >= 11 is 1.33. The molecule has 0 fully saturated rings. The average molecular weight is 293 g/mol. The maximum absolute atomic E-state index is 10.8. The summed E-state index contributed by atoms with van der Waals surface area (Å²) in [6, 6.07) is 0. The van der Waals surface area contributed by atoms with Crippen LogP contribution < -0.4 is 10.0 Å². The van der Waals surface area contributed by atoms with Crippen LogP contribution in [0.2, 0.25) is 0 Å². The number of anilines is 1. The molecular formula is C9H15N3O4S2. The van der Waals surface area contributed by atoms with E-state index in [1.54, 1.807) is 5.38 Å². The van der Waals surface area contributed by atoms with E-state index >= 15 is 0 Å². The van der Waals surface area contributed by atoms with Crippen molar-refractivity contribution in [2.75, 3.05) is 24.7 Å². The number of aliphatic carboxylic acids is 1. The summed E-state index contributed by atoms with van der Waals surface area (Å²) in [4.78, 5) is 14.5. The SMILES string of the molecule is CS(=O)(=O)NCCCNc1nc(CC(=O)O)cs1. The number of aromatic nitrogens is 1. The van der Waals surface area contributed by atoms with Gasteiger partial charge in [0.15, 0.2) is 5.13 Å². The second-order valence-electron chi connectivity index (χ2n) is 3.66. The van der Waals surface area contributed by atoms with Crippen molar-refractivity contribution in [2.45, 2.75) is 12.8 Å². The first-order chi connectivity index (χ1) is 8.37. The molecule has 18 heavy (non-hydrogen) atoms. The van der Waals surface area contributed by atoms with E-state index in [1.165, 1.54) is 11.3 Å². The third kappa shape index (κ3) is 6.52. The van der Waals surface area contributed by atoms with Crippen LogP contribution in [0.25, 0.3) is 0 Å². The van der Waals surface area contributed by atoms with E-state index in [1.807, 2.05) is 0 Å². The van der Waals surface area contributed by atoms with Gasteiger partial charge in [0.2, 0.25) is 10.0 Å². The van der Waals surface area contributed by atoms with Crippen LogP contribution in [0.4, 0.5) is 5.13 Å². The van der Waals surface area contributed by atoms with Crippen LogP contribution >= 0.6 is 11.3 Å². The van der Waals surface area contributed by atoms with Crippen molar-refractivity contribution in [3.05, 3.63) is 11.1 Å². The monoisotopic (exact) mass is 293 g/mol.